The number of ether oxygens (including phenoxy) is 2. The molecule has 1 rings (SSSR count). The van der Waals surface area contributed by atoms with Gasteiger partial charge >= 0.3 is 11.9 Å². The van der Waals surface area contributed by atoms with Crippen LogP contribution in [0.3, 0.4) is 0 Å². The molecule has 0 radical (unpaired) electrons. The summed E-state index contributed by atoms with van der Waals surface area (Å²) >= 11 is 0. The lowest BCUT2D eigenvalue weighted by atomic mass is 10.0. The molecule has 11 nitrogen and oxygen atoms in total. The molecular formula is C52H90NO10P. The highest BCUT2D eigenvalue weighted by atomic mass is 31.2. The van der Waals surface area contributed by atoms with Gasteiger partial charge in [-0.15, -0.1) is 0 Å². The number of aliphatic hydroxyl groups is 1. The highest BCUT2D eigenvalue weighted by molar-refractivity contribution is 7.45. The van der Waals surface area contributed by atoms with Gasteiger partial charge in [0.05, 0.1) is 33.9 Å². The Balaban J connectivity index is 2.35. The number of carbonyl (C=O) groups is 2. The number of nitrogens with zero attached hydrogens (tertiary/aromatic N) is 1. The summed E-state index contributed by atoms with van der Waals surface area (Å²) in [4.78, 5) is 37.7. The van der Waals surface area contributed by atoms with Gasteiger partial charge in [-0.25, -0.2) is 0 Å². The number of esters is 2. The molecule has 0 bridgehead atoms. The van der Waals surface area contributed by atoms with E-state index in [-0.39, 0.29) is 32.2 Å². The summed E-state index contributed by atoms with van der Waals surface area (Å²) in [6.07, 6.45) is 38.6. The third-order valence-corrected chi connectivity index (χ3v) is 12.1. The number of phosphoric ester groups is 1. The molecule has 0 aliphatic rings. The first-order valence-electron chi connectivity index (χ1n) is 24.8. The fraction of sp³-hybridized carbons (Fsp3) is 0.731. The van der Waals surface area contributed by atoms with Gasteiger partial charge in [-0.2, -0.15) is 0 Å². The quantitative estimate of drug-likeness (QED) is 0.0168. The number of aliphatic hydroxyl groups excluding tert-OH is 1. The Morgan fingerprint density at radius 2 is 1.23 bits per heavy atom. The van der Waals surface area contributed by atoms with Gasteiger partial charge < -0.3 is 37.4 Å². The molecule has 1 aromatic rings. The number of rotatable bonds is 41. The van der Waals surface area contributed by atoms with Crippen LogP contribution in [0.4, 0.5) is 0 Å². The average molecular weight is 920 g/mol. The zero-order valence-corrected chi connectivity index (χ0v) is 42.2. The summed E-state index contributed by atoms with van der Waals surface area (Å²) in [5.41, 5.74) is 2.68. The fourth-order valence-corrected chi connectivity index (χ4v) is 7.66. The van der Waals surface area contributed by atoms with Gasteiger partial charge in [0, 0.05) is 25.7 Å². The number of carbonyl (C=O) groups excluding carboxylic acids is 2. The van der Waals surface area contributed by atoms with Gasteiger partial charge in [-0.05, 0) is 76.3 Å². The predicted octanol–water partition coefficient (Wildman–Crippen LogP) is 12.2. The summed E-state index contributed by atoms with van der Waals surface area (Å²) < 4.78 is 40.2. The lowest BCUT2D eigenvalue weighted by Crippen LogP contribution is -2.37. The molecule has 3 atom stereocenters. The summed E-state index contributed by atoms with van der Waals surface area (Å²) in [6.45, 7) is 8.36. The predicted molar refractivity (Wildman–Crippen MR) is 259 cm³/mol. The number of furan rings is 1. The van der Waals surface area contributed by atoms with Crippen molar-refractivity contribution >= 4 is 19.8 Å². The van der Waals surface area contributed by atoms with E-state index in [0.717, 1.165) is 70.6 Å². The van der Waals surface area contributed by atoms with Gasteiger partial charge in [-0.3, -0.25) is 14.2 Å². The minimum atomic E-state index is -4.67. The fourth-order valence-electron chi connectivity index (χ4n) is 6.94. The molecule has 12 heteroatoms. The SMILES string of the molecule is CCCCCc1oc(CCCCCCCCCCCCC(=O)OC[C@H](COP(=O)([O-])OCC[N+](C)(C)C)OC(=O)CCC/C=C\C/C=C\C/C=C\C=C\[C@@H](O)CCCCC)c(C)c1C. The first-order valence-corrected chi connectivity index (χ1v) is 26.3. The van der Waals surface area contributed by atoms with Crippen LogP contribution in [-0.2, 0) is 45.5 Å². The van der Waals surface area contributed by atoms with Crippen molar-refractivity contribution in [2.75, 3.05) is 47.5 Å². The van der Waals surface area contributed by atoms with Crippen molar-refractivity contribution in [3.8, 4) is 0 Å². The number of quaternary nitrogens is 1. The van der Waals surface area contributed by atoms with E-state index in [0.29, 0.717) is 30.3 Å². The maximum absolute atomic E-state index is 12.7. The Kier molecular flexibility index (Phi) is 34.5. The second-order valence-electron chi connectivity index (χ2n) is 18.3. The summed E-state index contributed by atoms with van der Waals surface area (Å²) in [5, 5.41) is 9.93. The molecule has 0 spiro atoms. The molecule has 1 aromatic heterocycles. The molecule has 0 aliphatic carbocycles. The molecule has 1 N–H and O–H groups in total. The number of aryl methyl sites for hydroxylation is 2. The molecule has 0 aliphatic heterocycles. The van der Waals surface area contributed by atoms with Crippen LogP contribution in [0.25, 0.3) is 0 Å². The van der Waals surface area contributed by atoms with Crippen LogP contribution < -0.4 is 4.89 Å². The highest BCUT2D eigenvalue weighted by Crippen LogP contribution is 2.38. The zero-order valence-electron chi connectivity index (χ0n) is 41.3. The number of likely N-dealkylation sites (N-methyl/N-ethyl adjacent to an activating group) is 1. The van der Waals surface area contributed by atoms with Crippen molar-refractivity contribution in [1.29, 1.82) is 0 Å². The number of unbranched alkanes of at least 4 members (excludes halogenated alkanes) is 14. The van der Waals surface area contributed by atoms with Crippen LogP contribution >= 0.6 is 7.82 Å². The van der Waals surface area contributed by atoms with E-state index in [1.54, 1.807) is 0 Å². The zero-order chi connectivity index (χ0) is 47.3. The minimum Gasteiger partial charge on any atom is -0.756 e. The highest BCUT2D eigenvalue weighted by Gasteiger charge is 2.22. The van der Waals surface area contributed by atoms with Crippen molar-refractivity contribution in [3.05, 3.63) is 71.3 Å². The number of hydrogen-bond donors (Lipinski definition) is 1. The van der Waals surface area contributed by atoms with Crippen LogP contribution in [0.5, 0.6) is 0 Å². The largest absolute Gasteiger partial charge is 0.756 e. The van der Waals surface area contributed by atoms with E-state index in [1.165, 1.54) is 80.4 Å². The van der Waals surface area contributed by atoms with Crippen molar-refractivity contribution in [2.45, 2.75) is 200 Å². The van der Waals surface area contributed by atoms with Crippen molar-refractivity contribution in [3.63, 3.8) is 0 Å². The van der Waals surface area contributed by atoms with E-state index in [2.05, 4.69) is 39.8 Å². The molecule has 368 valence electrons. The smallest absolute Gasteiger partial charge is 0.306 e. The standard InChI is InChI=1S/C52H90NO10P/c1-8-10-29-35-47(54)36-31-25-21-17-13-12-14-20-24-28-34-40-52(56)62-48(44-61-64(57,58)60-42-41-53(5,6)7)43-59-51(55)39-33-27-23-19-16-15-18-22-26-32-38-50-46(4)45(3)49(63-50)37-30-11-9-2/h12-13,20-21,24-25,31,36,47-48,54H,8-11,14-19,22-23,26-30,32-35,37-44H2,1-7H3/b13-12-,24-20-,25-21-,36-31+/t47-,48+/m0/s1. The molecule has 1 heterocycles. The van der Waals surface area contributed by atoms with Crippen molar-refractivity contribution < 1.29 is 51.6 Å². The van der Waals surface area contributed by atoms with E-state index in [4.69, 9.17) is 22.9 Å². The molecule has 64 heavy (non-hydrogen) atoms. The van der Waals surface area contributed by atoms with Gasteiger partial charge in [0.2, 0.25) is 0 Å². The van der Waals surface area contributed by atoms with E-state index >= 15 is 0 Å². The van der Waals surface area contributed by atoms with Gasteiger partial charge in [-0.1, -0.05) is 146 Å². The first-order chi connectivity index (χ1) is 30.7. The summed E-state index contributed by atoms with van der Waals surface area (Å²) in [6, 6.07) is 0. The van der Waals surface area contributed by atoms with E-state index in [9.17, 15) is 24.2 Å². The van der Waals surface area contributed by atoms with Crippen molar-refractivity contribution in [1.82, 2.24) is 0 Å². The second-order valence-corrected chi connectivity index (χ2v) is 19.7. The summed E-state index contributed by atoms with van der Waals surface area (Å²) in [5.74, 6) is 1.42. The van der Waals surface area contributed by atoms with E-state index < -0.39 is 32.5 Å². The Labute approximate surface area is 389 Å². The van der Waals surface area contributed by atoms with Gasteiger partial charge in [0.1, 0.15) is 31.3 Å². The Morgan fingerprint density at radius 1 is 0.688 bits per heavy atom. The lowest BCUT2D eigenvalue weighted by Gasteiger charge is -2.28. The summed E-state index contributed by atoms with van der Waals surface area (Å²) in [7, 11) is 1.08. The Hall–Kier alpha value is -2.79. The normalized spacial score (nSPS) is 14.3. The average Bonchev–Trinajstić information content (AvgIpc) is 3.51. The maximum Gasteiger partial charge on any atom is 0.306 e. The number of hydrogen-bond acceptors (Lipinski definition) is 10. The lowest BCUT2D eigenvalue weighted by molar-refractivity contribution is -0.870. The Morgan fingerprint density at radius 3 is 1.86 bits per heavy atom. The molecule has 0 aromatic carbocycles. The molecule has 1 unspecified atom stereocenters. The number of allylic oxidation sites excluding steroid dienone is 7. The monoisotopic (exact) mass is 920 g/mol. The van der Waals surface area contributed by atoms with Crippen LogP contribution in [0.15, 0.2) is 53.0 Å². The molecule has 0 fully saturated rings. The topological polar surface area (TPSA) is 145 Å². The minimum absolute atomic E-state index is 0.0561. The van der Waals surface area contributed by atoms with Crippen LogP contribution in [0.2, 0.25) is 0 Å². The van der Waals surface area contributed by atoms with E-state index in [1.807, 2.05) is 57.6 Å². The molecule has 0 saturated heterocycles. The third-order valence-electron chi connectivity index (χ3n) is 11.2. The second kappa shape index (κ2) is 37.3. The van der Waals surface area contributed by atoms with Crippen LogP contribution in [0.1, 0.15) is 184 Å². The van der Waals surface area contributed by atoms with Crippen LogP contribution in [-0.4, -0.2) is 81.2 Å². The number of phosphoric acid groups is 1. The molecule has 0 amide bonds. The van der Waals surface area contributed by atoms with Crippen LogP contribution in [0, 0.1) is 13.8 Å². The maximum atomic E-state index is 12.7. The molecular weight excluding hydrogens is 830 g/mol. The molecule has 0 saturated carbocycles. The van der Waals surface area contributed by atoms with Gasteiger partial charge in [0.15, 0.2) is 6.10 Å². The Bertz CT molecular complexity index is 1520. The third kappa shape index (κ3) is 33.7. The first kappa shape index (κ1) is 59.2. The van der Waals surface area contributed by atoms with Gasteiger partial charge in [0.25, 0.3) is 7.82 Å². The van der Waals surface area contributed by atoms with Crippen molar-refractivity contribution in [2.24, 2.45) is 0 Å².